The molecule has 0 atom stereocenters. The first kappa shape index (κ1) is 12.2. The number of aryl methyl sites for hydroxylation is 2. The molecule has 6 heteroatoms. The first-order chi connectivity index (χ1) is 9.20. The SMILES string of the molecule is CCSc1nccn1-c1nc2cc(C)cnc2n1C. The van der Waals surface area contributed by atoms with E-state index in [1.165, 1.54) is 0 Å². The zero-order valence-electron chi connectivity index (χ0n) is 11.2. The molecule has 3 heterocycles. The molecule has 3 aromatic heterocycles. The fourth-order valence-corrected chi connectivity index (χ4v) is 2.73. The van der Waals surface area contributed by atoms with Crippen LogP contribution in [0.15, 0.2) is 29.8 Å². The van der Waals surface area contributed by atoms with Crippen LogP contribution in [0.4, 0.5) is 0 Å². The smallest absolute Gasteiger partial charge is 0.217 e. The topological polar surface area (TPSA) is 48.5 Å². The molecule has 0 aliphatic rings. The summed E-state index contributed by atoms with van der Waals surface area (Å²) in [4.78, 5) is 13.5. The molecular weight excluding hydrogens is 258 g/mol. The Bertz CT molecular complexity index is 728. The van der Waals surface area contributed by atoms with Crippen molar-refractivity contribution in [2.24, 2.45) is 7.05 Å². The minimum Gasteiger partial charge on any atom is -0.297 e. The highest BCUT2D eigenvalue weighted by Gasteiger charge is 2.13. The third-order valence-corrected chi connectivity index (χ3v) is 3.77. The second-order valence-electron chi connectivity index (χ2n) is 4.34. The third-order valence-electron chi connectivity index (χ3n) is 2.92. The van der Waals surface area contributed by atoms with Crippen LogP contribution < -0.4 is 0 Å². The van der Waals surface area contributed by atoms with E-state index in [2.05, 4.69) is 27.9 Å². The maximum atomic E-state index is 4.67. The maximum Gasteiger partial charge on any atom is 0.217 e. The number of nitrogens with zero attached hydrogens (tertiary/aromatic N) is 5. The number of aromatic nitrogens is 5. The monoisotopic (exact) mass is 273 g/mol. The molecule has 0 bridgehead atoms. The van der Waals surface area contributed by atoms with Crippen LogP contribution in [0.1, 0.15) is 12.5 Å². The summed E-state index contributed by atoms with van der Waals surface area (Å²) in [5.74, 6) is 1.83. The summed E-state index contributed by atoms with van der Waals surface area (Å²) in [7, 11) is 1.98. The van der Waals surface area contributed by atoms with Gasteiger partial charge in [0.1, 0.15) is 5.52 Å². The van der Waals surface area contributed by atoms with Gasteiger partial charge in [-0.2, -0.15) is 0 Å². The molecule has 0 amide bonds. The lowest BCUT2D eigenvalue weighted by Crippen LogP contribution is -2.04. The van der Waals surface area contributed by atoms with Crippen LogP contribution in [0.25, 0.3) is 17.1 Å². The van der Waals surface area contributed by atoms with Crippen LogP contribution in [0.3, 0.4) is 0 Å². The molecule has 19 heavy (non-hydrogen) atoms. The Morgan fingerprint density at radius 2 is 2.16 bits per heavy atom. The van der Waals surface area contributed by atoms with E-state index in [-0.39, 0.29) is 0 Å². The van der Waals surface area contributed by atoms with Gasteiger partial charge in [0.15, 0.2) is 10.8 Å². The lowest BCUT2D eigenvalue weighted by atomic mass is 10.3. The van der Waals surface area contributed by atoms with Crippen molar-refractivity contribution in [1.29, 1.82) is 0 Å². The van der Waals surface area contributed by atoms with Crippen LogP contribution in [-0.4, -0.2) is 29.8 Å². The Morgan fingerprint density at radius 3 is 2.95 bits per heavy atom. The van der Waals surface area contributed by atoms with Crippen molar-refractivity contribution in [1.82, 2.24) is 24.1 Å². The number of thioether (sulfide) groups is 1. The third kappa shape index (κ3) is 2.02. The number of hydrogen-bond acceptors (Lipinski definition) is 4. The Balaban J connectivity index is 2.19. The Labute approximate surface area is 115 Å². The molecular formula is C13H15N5S. The molecule has 3 aromatic rings. The van der Waals surface area contributed by atoms with E-state index in [0.717, 1.165) is 33.6 Å². The molecule has 0 unspecified atom stereocenters. The molecule has 5 nitrogen and oxygen atoms in total. The Kier molecular flexibility index (Phi) is 3.02. The van der Waals surface area contributed by atoms with Crippen molar-refractivity contribution in [3.63, 3.8) is 0 Å². The van der Waals surface area contributed by atoms with Crippen molar-refractivity contribution >= 4 is 22.9 Å². The normalized spacial score (nSPS) is 11.3. The second kappa shape index (κ2) is 4.70. The van der Waals surface area contributed by atoms with Crippen molar-refractivity contribution in [2.75, 3.05) is 5.75 Å². The summed E-state index contributed by atoms with van der Waals surface area (Å²) in [5.41, 5.74) is 2.92. The fraction of sp³-hybridized carbons (Fsp3) is 0.308. The van der Waals surface area contributed by atoms with E-state index >= 15 is 0 Å². The lowest BCUT2D eigenvalue weighted by Gasteiger charge is -2.05. The van der Waals surface area contributed by atoms with Crippen LogP contribution in [0, 0.1) is 6.92 Å². The van der Waals surface area contributed by atoms with Gasteiger partial charge in [0.2, 0.25) is 5.95 Å². The molecule has 0 saturated carbocycles. The number of fused-ring (bicyclic) bond motifs is 1. The average molecular weight is 273 g/mol. The van der Waals surface area contributed by atoms with Crippen LogP contribution >= 0.6 is 11.8 Å². The van der Waals surface area contributed by atoms with Crippen molar-refractivity contribution < 1.29 is 0 Å². The van der Waals surface area contributed by atoms with E-state index in [1.54, 1.807) is 18.0 Å². The van der Waals surface area contributed by atoms with Crippen molar-refractivity contribution in [3.05, 3.63) is 30.2 Å². The highest BCUT2D eigenvalue weighted by molar-refractivity contribution is 7.99. The number of pyridine rings is 1. The molecule has 0 aliphatic carbocycles. The quantitative estimate of drug-likeness (QED) is 0.688. The van der Waals surface area contributed by atoms with E-state index < -0.39 is 0 Å². The molecule has 0 N–H and O–H groups in total. The van der Waals surface area contributed by atoms with Crippen LogP contribution in [0.5, 0.6) is 0 Å². The molecule has 0 radical (unpaired) electrons. The molecule has 3 rings (SSSR count). The summed E-state index contributed by atoms with van der Waals surface area (Å²) < 4.78 is 4.00. The van der Waals surface area contributed by atoms with Gasteiger partial charge in [-0.3, -0.25) is 9.13 Å². The molecule has 0 aromatic carbocycles. The van der Waals surface area contributed by atoms with Gasteiger partial charge in [0, 0.05) is 25.6 Å². The second-order valence-corrected chi connectivity index (χ2v) is 5.57. The summed E-state index contributed by atoms with van der Waals surface area (Å²) >= 11 is 1.70. The largest absolute Gasteiger partial charge is 0.297 e. The summed E-state index contributed by atoms with van der Waals surface area (Å²) in [5, 5.41) is 0.956. The first-order valence-electron chi connectivity index (χ1n) is 6.16. The Hall–Kier alpha value is -1.82. The number of rotatable bonds is 3. The molecule has 0 aliphatic heterocycles. The van der Waals surface area contributed by atoms with Crippen molar-refractivity contribution in [2.45, 2.75) is 19.0 Å². The zero-order chi connectivity index (χ0) is 13.4. The van der Waals surface area contributed by atoms with Gasteiger partial charge in [0.25, 0.3) is 0 Å². The van der Waals surface area contributed by atoms with Gasteiger partial charge in [0.05, 0.1) is 0 Å². The molecule has 98 valence electrons. The molecule has 0 fully saturated rings. The van der Waals surface area contributed by atoms with E-state index in [1.807, 2.05) is 35.5 Å². The summed E-state index contributed by atoms with van der Waals surface area (Å²) in [6.45, 7) is 4.14. The highest BCUT2D eigenvalue weighted by Crippen LogP contribution is 2.22. The minimum absolute atomic E-state index is 0.849. The standard InChI is InChI=1S/C13H15N5S/c1-4-19-13-14-5-6-18(13)12-16-10-7-9(2)8-15-11(10)17(12)3/h5-8H,4H2,1-3H3. The van der Waals surface area contributed by atoms with Crippen LogP contribution in [0.2, 0.25) is 0 Å². The lowest BCUT2D eigenvalue weighted by molar-refractivity contribution is 0.772. The van der Waals surface area contributed by atoms with E-state index in [4.69, 9.17) is 0 Å². The Morgan fingerprint density at radius 1 is 1.32 bits per heavy atom. The van der Waals surface area contributed by atoms with E-state index in [9.17, 15) is 0 Å². The highest BCUT2D eigenvalue weighted by atomic mass is 32.2. The van der Waals surface area contributed by atoms with Gasteiger partial charge >= 0.3 is 0 Å². The molecule has 0 spiro atoms. The predicted octanol–water partition coefficient (Wildman–Crippen LogP) is 2.57. The maximum absolute atomic E-state index is 4.67. The van der Waals surface area contributed by atoms with Crippen molar-refractivity contribution in [3.8, 4) is 5.95 Å². The van der Waals surface area contributed by atoms with Gasteiger partial charge in [-0.15, -0.1) is 0 Å². The number of hydrogen-bond donors (Lipinski definition) is 0. The van der Waals surface area contributed by atoms with Gasteiger partial charge < -0.3 is 0 Å². The minimum atomic E-state index is 0.849. The zero-order valence-corrected chi connectivity index (χ0v) is 12.0. The first-order valence-corrected chi connectivity index (χ1v) is 7.15. The van der Waals surface area contributed by atoms with E-state index in [0.29, 0.717) is 0 Å². The molecule has 0 saturated heterocycles. The van der Waals surface area contributed by atoms with Gasteiger partial charge in [-0.25, -0.2) is 15.0 Å². The average Bonchev–Trinajstić information content (AvgIpc) is 2.95. The number of imidazole rings is 2. The summed E-state index contributed by atoms with van der Waals surface area (Å²) in [6.07, 6.45) is 5.60. The van der Waals surface area contributed by atoms with Crippen LogP contribution in [-0.2, 0) is 7.05 Å². The summed E-state index contributed by atoms with van der Waals surface area (Å²) in [6, 6.07) is 2.05. The van der Waals surface area contributed by atoms with Gasteiger partial charge in [-0.05, 0) is 24.3 Å². The fourth-order valence-electron chi connectivity index (χ4n) is 2.06. The van der Waals surface area contributed by atoms with Gasteiger partial charge in [-0.1, -0.05) is 18.7 Å². The predicted molar refractivity (Wildman–Crippen MR) is 76.8 cm³/mol.